The first-order valence-corrected chi connectivity index (χ1v) is 10.7. The van der Waals surface area contributed by atoms with Gasteiger partial charge in [0.25, 0.3) is 0 Å². The number of aliphatic hydroxyl groups is 1. The molecule has 0 radical (unpaired) electrons. The molecule has 3 atom stereocenters. The Bertz CT molecular complexity index is 956. The third-order valence-electron chi connectivity index (χ3n) is 8.19. The molecule has 0 aromatic heterocycles. The first-order valence-electron chi connectivity index (χ1n) is 10.7. The number of amides is 2. The molecule has 1 aliphatic heterocycles. The summed E-state index contributed by atoms with van der Waals surface area (Å²) >= 11 is 0. The van der Waals surface area contributed by atoms with Crippen molar-refractivity contribution in [1.29, 1.82) is 0 Å². The van der Waals surface area contributed by atoms with Crippen molar-refractivity contribution in [2.75, 3.05) is 6.54 Å². The standard InChI is InChI=1S/C24H28N2O2/c1-23(20-7-6-16-4-2-3-5-17(16)10-20)14-25-22(27)26(23)21-18-8-15-9-19(21)13-24(28,11-15)12-18/h2-7,10,15,18-19,21,28H,8-9,11-14H2,1H3,(H,25,27). The Morgan fingerprint density at radius 1 is 1.04 bits per heavy atom. The number of nitrogens with one attached hydrogen (secondary N) is 1. The lowest BCUT2D eigenvalue weighted by atomic mass is 9.51. The van der Waals surface area contributed by atoms with Crippen LogP contribution in [0.15, 0.2) is 42.5 Å². The van der Waals surface area contributed by atoms with Crippen molar-refractivity contribution in [2.45, 2.75) is 56.2 Å². The largest absolute Gasteiger partial charge is 0.390 e. The molecular formula is C24H28N2O2. The molecule has 2 aromatic rings. The van der Waals surface area contributed by atoms with Crippen LogP contribution in [0.2, 0.25) is 0 Å². The molecular weight excluding hydrogens is 348 g/mol. The molecule has 7 rings (SSSR count). The molecule has 1 saturated heterocycles. The third-order valence-corrected chi connectivity index (χ3v) is 8.19. The fourth-order valence-corrected chi connectivity index (χ4v) is 7.25. The van der Waals surface area contributed by atoms with Crippen LogP contribution in [0.1, 0.15) is 44.6 Å². The molecule has 4 bridgehead atoms. The predicted octanol–water partition coefficient (Wildman–Crippen LogP) is 4.02. The number of benzene rings is 2. The number of rotatable bonds is 2. The van der Waals surface area contributed by atoms with Crippen LogP contribution in [-0.4, -0.2) is 34.2 Å². The molecule has 4 saturated carbocycles. The Hall–Kier alpha value is -2.07. The van der Waals surface area contributed by atoms with E-state index in [-0.39, 0.29) is 17.6 Å². The monoisotopic (exact) mass is 376 g/mol. The van der Waals surface area contributed by atoms with Gasteiger partial charge >= 0.3 is 6.03 Å². The molecule has 5 fully saturated rings. The number of fused-ring (bicyclic) bond motifs is 1. The van der Waals surface area contributed by atoms with Crippen LogP contribution in [0.3, 0.4) is 0 Å². The molecule has 1 heterocycles. The van der Waals surface area contributed by atoms with Crippen LogP contribution < -0.4 is 5.32 Å². The Morgan fingerprint density at radius 2 is 1.75 bits per heavy atom. The first kappa shape index (κ1) is 16.8. The van der Waals surface area contributed by atoms with Gasteiger partial charge in [-0.05, 0) is 79.2 Å². The van der Waals surface area contributed by atoms with Gasteiger partial charge in [0.2, 0.25) is 0 Å². The van der Waals surface area contributed by atoms with E-state index in [0.29, 0.717) is 24.3 Å². The van der Waals surface area contributed by atoms with Gasteiger partial charge in [-0.25, -0.2) is 4.79 Å². The van der Waals surface area contributed by atoms with Gasteiger partial charge in [-0.15, -0.1) is 0 Å². The Morgan fingerprint density at radius 3 is 2.46 bits per heavy atom. The summed E-state index contributed by atoms with van der Waals surface area (Å²) in [6.07, 6.45) is 5.04. The van der Waals surface area contributed by atoms with E-state index in [4.69, 9.17) is 0 Å². The van der Waals surface area contributed by atoms with Crippen LogP contribution >= 0.6 is 0 Å². The van der Waals surface area contributed by atoms with Crippen LogP contribution in [0.5, 0.6) is 0 Å². The minimum Gasteiger partial charge on any atom is -0.390 e. The van der Waals surface area contributed by atoms with E-state index < -0.39 is 5.60 Å². The average Bonchev–Trinajstić information content (AvgIpc) is 2.96. The average molecular weight is 377 g/mol. The van der Waals surface area contributed by atoms with E-state index >= 15 is 0 Å². The van der Waals surface area contributed by atoms with Crippen LogP contribution in [0.4, 0.5) is 4.79 Å². The number of hydrogen-bond acceptors (Lipinski definition) is 2. The molecule has 0 spiro atoms. The quantitative estimate of drug-likeness (QED) is 0.832. The summed E-state index contributed by atoms with van der Waals surface area (Å²) in [4.78, 5) is 15.3. The minimum absolute atomic E-state index is 0.0696. The summed E-state index contributed by atoms with van der Waals surface area (Å²) in [5.74, 6) is 1.51. The smallest absolute Gasteiger partial charge is 0.318 e. The Kier molecular flexibility index (Phi) is 3.31. The second-order valence-corrected chi connectivity index (χ2v) is 10.0. The van der Waals surface area contributed by atoms with Gasteiger partial charge < -0.3 is 15.3 Å². The van der Waals surface area contributed by atoms with Crippen LogP contribution in [0.25, 0.3) is 10.8 Å². The van der Waals surface area contributed by atoms with Gasteiger partial charge in [0, 0.05) is 12.6 Å². The van der Waals surface area contributed by atoms with E-state index in [1.807, 2.05) is 0 Å². The Labute approximate surface area is 165 Å². The van der Waals surface area contributed by atoms with Crippen molar-refractivity contribution in [1.82, 2.24) is 10.2 Å². The fourth-order valence-electron chi connectivity index (χ4n) is 7.25. The van der Waals surface area contributed by atoms with Gasteiger partial charge in [0.15, 0.2) is 0 Å². The summed E-state index contributed by atoms with van der Waals surface area (Å²) in [6.45, 7) is 2.86. The topological polar surface area (TPSA) is 52.6 Å². The number of hydrogen-bond donors (Lipinski definition) is 2. The summed E-state index contributed by atoms with van der Waals surface area (Å²) in [5.41, 5.74) is 0.392. The highest BCUT2D eigenvalue weighted by Crippen LogP contribution is 2.58. The maximum absolute atomic E-state index is 13.1. The molecule has 146 valence electrons. The molecule has 5 aliphatic rings. The van der Waals surface area contributed by atoms with Gasteiger partial charge in [-0.2, -0.15) is 0 Å². The lowest BCUT2D eigenvalue weighted by Gasteiger charge is -2.61. The second kappa shape index (κ2) is 5.50. The summed E-state index contributed by atoms with van der Waals surface area (Å²) in [6, 6.07) is 15.4. The molecule has 2 N–H and O–H groups in total. The second-order valence-electron chi connectivity index (χ2n) is 10.0. The van der Waals surface area contributed by atoms with Crippen molar-refractivity contribution in [3.8, 4) is 0 Å². The zero-order valence-electron chi connectivity index (χ0n) is 16.4. The predicted molar refractivity (Wildman–Crippen MR) is 109 cm³/mol. The lowest BCUT2D eigenvalue weighted by molar-refractivity contribution is -0.160. The van der Waals surface area contributed by atoms with Crippen molar-refractivity contribution in [3.63, 3.8) is 0 Å². The summed E-state index contributed by atoms with van der Waals surface area (Å²) in [5, 5.41) is 16.6. The molecule has 3 unspecified atom stereocenters. The SMILES string of the molecule is CC1(c2ccc3ccccc3c2)CNC(=O)N1C1C2CC3CC1CC(O)(C3)C2. The highest BCUT2D eigenvalue weighted by molar-refractivity contribution is 5.84. The first-order chi connectivity index (χ1) is 13.5. The number of carbonyl (C=O) groups excluding carboxylic acids is 1. The maximum Gasteiger partial charge on any atom is 0.318 e. The summed E-state index contributed by atoms with van der Waals surface area (Å²) < 4.78 is 0. The van der Waals surface area contributed by atoms with Gasteiger partial charge in [0.05, 0.1) is 11.1 Å². The zero-order chi connectivity index (χ0) is 19.1. The molecule has 4 heteroatoms. The van der Waals surface area contributed by atoms with Gasteiger partial charge in [-0.1, -0.05) is 36.4 Å². The minimum atomic E-state index is -0.470. The highest BCUT2D eigenvalue weighted by Gasteiger charge is 2.60. The molecule has 28 heavy (non-hydrogen) atoms. The lowest BCUT2D eigenvalue weighted by Crippen LogP contribution is -2.64. The van der Waals surface area contributed by atoms with Crippen molar-refractivity contribution in [2.24, 2.45) is 17.8 Å². The van der Waals surface area contributed by atoms with Crippen LogP contribution in [0, 0.1) is 17.8 Å². The Balaban J connectivity index is 1.42. The molecule has 4 aliphatic carbocycles. The number of urea groups is 1. The van der Waals surface area contributed by atoms with Crippen molar-refractivity contribution in [3.05, 3.63) is 48.0 Å². The molecule has 4 nitrogen and oxygen atoms in total. The highest BCUT2D eigenvalue weighted by atomic mass is 16.3. The fraction of sp³-hybridized carbons (Fsp3) is 0.542. The van der Waals surface area contributed by atoms with Crippen molar-refractivity contribution < 1.29 is 9.90 Å². The zero-order valence-corrected chi connectivity index (χ0v) is 16.4. The molecule has 2 amide bonds. The third kappa shape index (κ3) is 2.24. The van der Waals surface area contributed by atoms with E-state index in [1.54, 1.807) is 0 Å². The summed E-state index contributed by atoms with van der Waals surface area (Å²) in [7, 11) is 0. The van der Waals surface area contributed by atoms with E-state index in [9.17, 15) is 9.90 Å². The van der Waals surface area contributed by atoms with Crippen LogP contribution in [-0.2, 0) is 5.54 Å². The maximum atomic E-state index is 13.1. The van der Waals surface area contributed by atoms with Gasteiger partial charge in [0.1, 0.15) is 0 Å². The number of carbonyl (C=O) groups is 1. The van der Waals surface area contributed by atoms with E-state index in [0.717, 1.165) is 19.3 Å². The number of nitrogens with zero attached hydrogens (tertiary/aromatic N) is 1. The van der Waals surface area contributed by atoms with Gasteiger partial charge in [-0.3, -0.25) is 0 Å². The van der Waals surface area contributed by atoms with Crippen molar-refractivity contribution >= 4 is 16.8 Å². The molecule has 2 aromatic carbocycles. The van der Waals surface area contributed by atoms with E-state index in [1.165, 1.54) is 29.2 Å². The normalized spacial score (nSPS) is 41.6. The van der Waals surface area contributed by atoms with E-state index in [2.05, 4.69) is 59.6 Å².